The predicted molar refractivity (Wildman–Crippen MR) is 82.9 cm³/mol. The van der Waals surface area contributed by atoms with Crippen molar-refractivity contribution in [3.05, 3.63) is 35.0 Å². The Morgan fingerprint density at radius 3 is 2.80 bits per heavy atom. The van der Waals surface area contributed by atoms with Gasteiger partial charge in [-0.05, 0) is 31.5 Å². The molecular formula is C15H20ClN3O. The number of halogens is 1. The number of fused-ring (bicyclic) bond motifs is 1. The number of H-pyrrole nitrogens is 1. The summed E-state index contributed by atoms with van der Waals surface area (Å²) in [4.78, 5) is 16.9. The largest absolute Gasteiger partial charge is 0.361 e. The standard InChI is InChI=1S/C15H20ClN3O/c1-3-19(4-2)15(20)10-17-8-11-9-18-14-7-12(16)5-6-13(11)14/h5-7,9,17-18H,3-4,8,10H2,1-2H3. The van der Waals surface area contributed by atoms with Gasteiger partial charge >= 0.3 is 0 Å². The molecule has 1 amide bonds. The minimum Gasteiger partial charge on any atom is -0.361 e. The van der Waals surface area contributed by atoms with Crippen LogP contribution in [0, 0.1) is 0 Å². The van der Waals surface area contributed by atoms with Crippen LogP contribution in [0.5, 0.6) is 0 Å². The highest BCUT2D eigenvalue weighted by Gasteiger charge is 2.09. The van der Waals surface area contributed by atoms with Crippen molar-refractivity contribution < 1.29 is 4.79 Å². The fourth-order valence-corrected chi connectivity index (χ4v) is 2.47. The summed E-state index contributed by atoms with van der Waals surface area (Å²) < 4.78 is 0. The molecule has 0 fully saturated rings. The third kappa shape index (κ3) is 3.32. The van der Waals surface area contributed by atoms with Crippen LogP contribution in [0.15, 0.2) is 24.4 Å². The van der Waals surface area contributed by atoms with Gasteiger partial charge in [0.05, 0.1) is 6.54 Å². The van der Waals surface area contributed by atoms with Crippen LogP contribution in [-0.4, -0.2) is 35.4 Å². The van der Waals surface area contributed by atoms with Crippen LogP contribution in [0.1, 0.15) is 19.4 Å². The van der Waals surface area contributed by atoms with Crippen molar-refractivity contribution in [1.82, 2.24) is 15.2 Å². The fraction of sp³-hybridized carbons (Fsp3) is 0.400. The smallest absolute Gasteiger partial charge is 0.236 e. The van der Waals surface area contributed by atoms with E-state index in [4.69, 9.17) is 11.6 Å². The maximum Gasteiger partial charge on any atom is 0.236 e. The lowest BCUT2D eigenvalue weighted by Gasteiger charge is -2.18. The third-order valence-corrected chi connectivity index (χ3v) is 3.67. The van der Waals surface area contributed by atoms with Crippen molar-refractivity contribution >= 4 is 28.4 Å². The fourth-order valence-electron chi connectivity index (χ4n) is 2.30. The van der Waals surface area contributed by atoms with E-state index >= 15 is 0 Å². The molecule has 2 rings (SSSR count). The van der Waals surface area contributed by atoms with Crippen molar-refractivity contribution in [3.8, 4) is 0 Å². The molecular weight excluding hydrogens is 274 g/mol. The zero-order valence-corrected chi connectivity index (χ0v) is 12.6. The number of aromatic amines is 1. The van der Waals surface area contributed by atoms with Gasteiger partial charge in [0.2, 0.25) is 5.91 Å². The Hall–Kier alpha value is -1.52. The summed E-state index contributed by atoms with van der Waals surface area (Å²) in [5.74, 6) is 0.137. The number of benzene rings is 1. The molecule has 0 unspecified atom stereocenters. The molecule has 4 nitrogen and oxygen atoms in total. The highest BCUT2D eigenvalue weighted by molar-refractivity contribution is 6.31. The van der Waals surface area contributed by atoms with E-state index in [2.05, 4.69) is 10.3 Å². The maximum absolute atomic E-state index is 11.9. The minimum atomic E-state index is 0.137. The predicted octanol–water partition coefficient (Wildman–Crippen LogP) is 2.78. The Balaban J connectivity index is 1.95. The van der Waals surface area contributed by atoms with Crippen molar-refractivity contribution in [3.63, 3.8) is 0 Å². The van der Waals surface area contributed by atoms with E-state index in [9.17, 15) is 4.79 Å². The lowest BCUT2D eigenvalue weighted by atomic mass is 10.2. The average molecular weight is 294 g/mol. The van der Waals surface area contributed by atoms with E-state index in [1.807, 2.05) is 43.1 Å². The number of nitrogens with zero attached hydrogens (tertiary/aromatic N) is 1. The van der Waals surface area contributed by atoms with Crippen molar-refractivity contribution in [1.29, 1.82) is 0 Å². The molecule has 0 aliphatic heterocycles. The van der Waals surface area contributed by atoms with Gasteiger partial charge in [0.25, 0.3) is 0 Å². The molecule has 0 spiro atoms. The highest BCUT2D eigenvalue weighted by Crippen LogP contribution is 2.21. The number of carbonyl (C=O) groups is 1. The van der Waals surface area contributed by atoms with Crippen LogP contribution >= 0.6 is 11.6 Å². The maximum atomic E-state index is 11.9. The van der Waals surface area contributed by atoms with E-state index in [0.29, 0.717) is 13.1 Å². The number of amides is 1. The molecule has 1 aromatic heterocycles. The third-order valence-electron chi connectivity index (χ3n) is 3.44. The first-order chi connectivity index (χ1) is 9.65. The van der Waals surface area contributed by atoms with Crippen LogP contribution in [0.2, 0.25) is 5.02 Å². The number of aromatic nitrogens is 1. The minimum absolute atomic E-state index is 0.137. The number of rotatable bonds is 6. The molecule has 1 aromatic carbocycles. The molecule has 108 valence electrons. The van der Waals surface area contributed by atoms with Crippen LogP contribution in [0.3, 0.4) is 0 Å². The molecule has 0 radical (unpaired) electrons. The summed E-state index contributed by atoms with van der Waals surface area (Å²) in [6.45, 7) is 6.51. The summed E-state index contributed by atoms with van der Waals surface area (Å²) in [5.41, 5.74) is 2.16. The van der Waals surface area contributed by atoms with Crippen molar-refractivity contribution in [2.75, 3.05) is 19.6 Å². The summed E-state index contributed by atoms with van der Waals surface area (Å²) in [5, 5.41) is 5.05. The van der Waals surface area contributed by atoms with Gasteiger partial charge in [0.1, 0.15) is 0 Å². The molecule has 2 N–H and O–H groups in total. The van der Waals surface area contributed by atoms with E-state index in [1.165, 1.54) is 0 Å². The Morgan fingerprint density at radius 1 is 1.35 bits per heavy atom. The zero-order valence-electron chi connectivity index (χ0n) is 11.9. The first kappa shape index (κ1) is 14.9. The molecule has 20 heavy (non-hydrogen) atoms. The Morgan fingerprint density at radius 2 is 2.10 bits per heavy atom. The normalized spacial score (nSPS) is 10.9. The Kier molecular flexibility index (Phi) is 5.04. The van der Waals surface area contributed by atoms with Gasteiger partial charge in [-0.1, -0.05) is 17.7 Å². The summed E-state index contributed by atoms with van der Waals surface area (Å²) in [6, 6.07) is 5.78. The molecule has 0 bridgehead atoms. The van der Waals surface area contributed by atoms with Gasteiger partial charge in [0, 0.05) is 41.8 Å². The molecule has 0 saturated carbocycles. The van der Waals surface area contributed by atoms with E-state index in [1.54, 1.807) is 0 Å². The Labute approximate surface area is 124 Å². The number of hydrogen-bond acceptors (Lipinski definition) is 2. The van der Waals surface area contributed by atoms with E-state index < -0.39 is 0 Å². The molecule has 0 saturated heterocycles. The van der Waals surface area contributed by atoms with E-state index in [0.717, 1.165) is 34.6 Å². The van der Waals surface area contributed by atoms with Crippen molar-refractivity contribution in [2.45, 2.75) is 20.4 Å². The molecule has 0 atom stereocenters. The molecule has 0 aliphatic carbocycles. The SMILES string of the molecule is CCN(CC)C(=O)CNCc1c[nH]c2cc(Cl)ccc12. The number of carbonyl (C=O) groups excluding carboxylic acids is 1. The quantitative estimate of drug-likeness (QED) is 0.860. The second kappa shape index (κ2) is 6.77. The summed E-state index contributed by atoms with van der Waals surface area (Å²) in [6.07, 6.45) is 1.95. The average Bonchev–Trinajstić information content (AvgIpc) is 2.82. The summed E-state index contributed by atoms with van der Waals surface area (Å²) >= 11 is 5.95. The lowest BCUT2D eigenvalue weighted by molar-refractivity contribution is -0.129. The topological polar surface area (TPSA) is 48.1 Å². The zero-order chi connectivity index (χ0) is 14.5. The first-order valence-electron chi connectivity index (χ1n) is 6.89. The van der Waals surface area contributed by atoms with Gasteiger partial charge in [-0.15, -0.1) is 0 Å². The number of nitrogens with one attached hydrogen (secondary N) is 2. The van der Waals surface area contributed by atoms with Crippen LogP contribution in [0.25, 0.3) is 10.9 Å². The van der Waals surface area contributed by atoms with E-state index in [-0.39, 0.29) is 5.91 Å². The lowest BCUT2D eigenvalue weighted by Crippen LogP contribution is -2.37. The second-order valence-electron chi connectivity index (χ2n) is 4.67. The molecule has 2 aromatic rings. The van der Waals surface area contributed by atoms with Gasteiger partial charge in [-0.3, -0.25) is 4.79 Å². The van der Waals surface area contributed by atoms with Crippen molar-refractivity contribution in [2.24, 2.45) is 0 Å². The van der Waals surface area contributed by atoms with Gasteiger partial charge in [0.15, 0.2) is 0 Å². The number of hydrogen-bond donors (Lipinski definition) is 2. The van der Waals surface area contributed by atoms with Gasteiger partial charge in [-0.25, -0.2) is 0 Å². The highest BCUT2D eigenvalue weighted by atomic mass is 35.5. The monoisotopic (exact) mass is 293 g/mol. The van der Waals surface area contributed by atoms with Gasteiger partial charge < -0.3 is 15.2 Å². The van der Waals surface area contributed by atoms with Crippen LogP contribution < -0.4 is 5.32 Å². The summed E-state index contributed by atoms with van der Waals surface area (Å²) in [7, 11) is 0. The first-order valence-corrected chi connectivity index (χ1v) is 7.27. The second-order valence-corrected chi connectivity index (χ2v) is 5.11. The molecule has 1 heterocycles. The van der Waals surface area contributed by atoms with Crippen LogP contribution in [0.4, 0.5) is 0 Å². The van der Waals surface area contributed by atoms with Crippen LogP contribution in [-0.2, 0) is 11.3 Å². The molecule has 0 aliphatic rings. The Bertz CT molecular complexity index is 590. The number of likely N-dealkylation sites (N-methyl/N-ethyl adjacent to an activating group) is 1. The molecule has 5 heteroatoms. The van der Waals surface area contributed by atoms with Gasteiger partial charge in [-0.2, -0.15) is 0 Å².